The molecule has 0 atom stereocenters. The fourth-order valence-electron chi connectivity index (χ4n) is 1.62. The summed E-state index contributed by atoms with van der Waals surface area (Å²) < 4.78 is 13.5. The van der Waals surface area contributed by atoms with Gasteiger partial charge >= 0.3 is 5.97 Å². The van der Waals surface area contributed by atoms with E-state index < -0.39 is 23.6 Å². The molecule has 0 saturated carbocycles. The number of halogens is 1. The average Bonchev–Trinajstić information content (AvgIpc) is 2.95. The summed E-state index contributed by atoms with van der Waals surface area (Å²) in [5.41, 5.74) is -0.0839. The molecule has 0 radical (unpaired) electrons. The van der Waals surface area contributed by atoms with Crippen LogP contribution in [0.4, 0.5) is 9.52 Å². The van der Waals surface area contributed by atoms with Gasteiger partial charge in [0.1, 0.15) is 11.5 Å². The highest BCUT2D eigenvalue weighted by atomic mass is 32.1. The van der Waals surface area contributed by atoms with E-state index in [2.05, 4.69) is 15.6 Å². The number of carbonyl (C=O) groups excluding carboxylic acids is 2. The lowest BCUT2D eigenvalue weighted by Crippen LogP contribution is -2.26. The second kappa shape index (κ2) is 7.45. The molecule has 1 aromatic heterocycles. The van der Waals surface area contributed by atoms with Crippen LogP contribution in [0.2, 0.25) is 0 Å². The zero-order chi connectivity index (χ0) is 16.8. The molecule has 2 aromatic rings. The number of hydrogen-bond donors (Lipinski definition) is 3. The van der Waals surface area contributed by atoms with E-state index in [9.17, 15) is 18.8 Å². The lowest BCUT2D eigenvalue weighted by molar-refractivity contribution is -0.136. The minimum absolute atomic E-state index is 0.0252. The number of carboxylic acids is 1. The van der Waals surface area contributed by atoms with Gasteiger partial charge in [0.05, 0.1) is 12.0 Å². The van der Waals surface area contributed by atoms with Crippen LogP contribution in [0, 0.1) is 5.82 Å². The van der Waals surface area contributed by atoms with E-state index in [4.69, 9.17) is 5.11 Å². The first-order valence-electron chi connectivity index (χ1n) is 6.49. The number of anilines is 1. The maximum absolute atomic E-state index is 13.5. The molecule has 120 valence electrons. The van der Waals surface area contributed by atoms with Crippen LogP contribution >= 0.6 is 11.3 Å². The molecule has 2 amide bonds. The minimum atomic E-state index is -1.03. The Morgan fingerprint density at radius 2 is 1.96 bits per heavy atom. The Labute approximate surface area is 134 Å². The number of carboxylic acid groups (broad SMARTS) is 1. The van der Waals surface area contributed by atoms with Crippen LogP contribution in [0.5, 0.6) is 0 Å². The monoisotopic (exact) mass is 337 g/mol. The zero-order valence-electron chi connectivity index (χ0n) is 11.7. The summed E-state index contributed by atoms with van der Waals surface area (Å²) in [7, 11) is 0. The van der Waals surface area contributed by atoms with Crippen molar-refractivity contribution in [2.45, 2.75) is 6.42 Å². The largest absolute Gasteiger partial charge is 0.481 e. The van der Waals surface area contributed by atoms with Crippen LogP contribution in [0.25, 0.3) is 0 Å². The van der Waals surface area contributed by atoms with Crippen molar-refractivity contribution in [1.29, 1.82) is 0 Å². The Kier molecular flexibility index (Phi) is 5.36. The number of hydrogen-bond acceptors (Lipinski definition) is 5. The van der Waals surface area contributed by atoms with Gasteiger partial charge in [0.15, 0.2) is 5.13 Å². The van der Waals surface area contributed by atoms with Crippen LogP contribution in [0.1, 0.15) is 27.3 Å². The fourth-order valence-corrected chi connectivity index (χ4v) is 2.30. The summed E-state index contributed by atoms with van der Waals surface area (Å²) in [5, 5.41) is 14.8. The number of aliphatic carboxylic acids is 1. The third-order valence-electron chi connectivity index (χ3n) is 2.70. The maximum Gasteiger partial charge on any atom is 0.305 e. The lowest BCUT2D eigenvalue weighted by Gasteiger charge is -2.02. The molecule has 0 aliphatic heterocycles. The van der Waals surface area contributed by atoms with E-state index in [0.29, 0.717) is 0 Å². The predicted molar refractivity (Wildman–Crippen MR) is 81.1 cm³/mol. The number of aromatic nitrogens is 1. The predicted octanol–water partition coefficient (Wildman–Crippen LogP) is 1.74. The highest BCUT2D eigenvalue weighted by Gasteiger charge is 2.15. The summed E-state index contributed by atoms with van der Waals surface area (Å²) in [6, 6.07) is 5.49. The quantitative estimate of drug-likeness (QED) is 0.744. The smallest absolute Gasteiger partial charge is 0.305 e. The molecule has 0 spiro atoms. The van der Waals surface area contributed by atoms with Gasteiger partial charge in [-0.1, -0.05) is 12.1 Å². The molecule has 0 bridgehead atoms. The number of nitrogens with one attached hydrogen (secondary N) is 2. The maximum atomic E-state index is 13.5. The number of rotatable bonds is 6. The Morgan fingerprint density at radius 3 is 2.65 bits per heavy atom. The van der Waals surface area contributed by atoms with Crippen molar-refractivity contribution in [2.75, 3.05) is 11.9 Å². The van der Waals surface area contributed by atoms with E-state index in [-0.39, 0.29) is 29.4 Å². The second-order valence-electron chi connectivity index (χ2n) is 4.37. The van der Waals surface area contributed by atoms with Gasteiger partial charge < -0.3 is 10.4 Å². The molecule has 0 aliphatic carbocycles. The average molecular weight is 337 g/mol. The number of amides is 2. The first-order valence-corrected chi connectivity index (χ1v) is 7.36. The van der Waals surface area contributed by atoms with Crippen molar-refractivity contribution in [3.05, 3.63) is 46.7 Å². The Bertz CT molecular complexity index is 747. The van der Waals surface area contributed by atoms with Gasteiger partial charge in [-0.3, -0.25) is 19.7 Å². The summed E-state index contributed by atoms with van der Waals surface area (Å²) in [5.74, 6) is -2.90. The number of benzene rings is 1. The molecule has 23 heavy (non-hydrogen) atoms. The molecule has 9 heteroatoms. The van der Waals surface area contributed by atoms with Gasteiger partial charge in [-0.25, -0.2) is 9.37 Å². The summed E-state index contributed by atoms with van der Waals surface area (Å²) in [6.45, 7) is -0.0252. The van der Waals surface area contributed by atoms with Gasteiger partial charge in [0.2, 0.25) is 0 Å². The number of thiazole rings is 1. The van der Waals surface area contributed by atoms with Crippen molar-refractivity contribution < 1.29 is 23.9 Å². The molecule has 0 unspecified atom stereocenters. The van der Waals surface area contributed by atoms with Gasteiger partial charge in [-0.05, 0) is 12.1 Å². The minimum Gasteiger partial charge on any atom is -0.481 e. The molecular formula is C14H12FN3O4S. The van der Waals surface area contributed by atoms with Gasteiger partial charge in [-0.15, -0.1) is 11.3 Å². The highest BCUT2D eigenvalue weighted by molar-refractivity contribution is 7.14. The van der Waals surface area contributed by atoms with Crippen LogP contribution in [-0.4, -0.2) is 34.4 Å². The first-order chi connectivity index (χ1) is 11.0. The summed E-state index contributed by atoms with van der Waals surface area (Å²) in [6.07, 6.45) is -0.202. The Hall–Kier alpha value is -2.81. The standard InChI is InChI=1S/C14H12FN3O4S/c15-9-4-2-1-3-8(9)12(21)18-14-17-10(7-23-14)13(22)16-6-5-11(19)20/h1-4,7H,5-6H2,(H,16,22)(H,19,20)(H,17,18,21). The van der Waals surface area contributed by atoms with Crippen molar-refractivity contribution in [3.8, 4) is 0 Å². The lowest BCUT2D eigenvalue weighted by atomic mass is 10.2. The third kappa shape index (κ3) is 4.58. The molecule has 3 N–H and O–H groups in total. The van der Waals surface area contributed by atoms with Crippen molar-refractivity contribution >= 4 is 34.3 Å². The summed E-state index contributed by atoms with van der Waals surface area (Å²) >= 11 is 1.00. The normalized spacial score (nSPS) is 10.1. The molecule has 0 fully saturated rings. The van der Waals surface area contributed by atoms with Gasteiger partial charge in [-0.2, -0.15) is 0 Å². The SMILES string of the molecule is O=C(O)CCNC(=O)c1csc(NC(=O)c2ccccc2F)n1. The molecule has 1 heterocycles. The topological polar surface area (TPSA) is 108 Å². The Balaban J connectivity index is 1.97. The van der Waals surface area contributed by atoms with E-state index in [1.54, 1.807) is 0 Å². The fraction of sp³-hybridized carbons (Fsp3) is 0.143. The molecule has 7 nitrogen and oxygen atoms in total. The number of nitrogens with zero attached hydrogens (tertiary/aromatic N) is 1. The van der Waals surface area contributed by atoms with Crippen molar-refractivity contribution in [2.24, 2.45) is 0 Å². The molecule has 2 rings (SSSR count). The van der Waals surface area contributed by atoms with Crippen LogP contribution in [0.3, 0.4) is 0 Å². The first kappa shape index (κ1) is 16.6. The molecule has 0 aliphatic rings. The van der Waals surface area contributed by atoms with Crippen LogP contribution in [0.15, 0.2) is 29.6 Å². The van der Waals surface area contributed by atoms with E-state index in [1.165, 1.54) is 23.6 Å². The van der Waals surface area contributed by atoms with E-state index in [0.717, 1.165) is 17.4 Å². The number of carbonyl (C=O) groups is 3. The Morgan fingerprint density at radius 1 is 1.22 bits per heavy atom. The third-order valence-corrected chi connectivity index (χ3v) is 3.46. The van der Waals surface area contributed by atoms with Crippen LogP contribution in [-0.2, 0) is 4.79 Å². The second-order valence-corrected chi connectivity index (χ2v) is 5.23. The van der Waals surface area contributed by atoms with Crippen LogP contribution < -0.4 is 10.6 Å². The van der Waals surface area contributed by atoms with E-state index in [1.807, 2.05) is 0 Å². The molecule has 1 aromatic carbocycles. The van der Waals surface area contributed by atoms with Crippen molar-refractivity contribution in [3.63, 3.8) is 0 Å². The van der Waals surface area contributed by atoms with Crippen molar-refractivity contribution in [1.82, 2.24) is 10.3 Å². The molecular weight excluding hydrogens is 325 g/mol. The molecule has 0 saturated heterocycles. The van der Waals surface area contributed by atoms with E-state index >= 15 is 0 Å². The highest BCUT2D eigenvalue weighted by Crippen LogP contribution is 2.17. The van der Waals surface area contributed by atoms with Gasteiger partial charge in [0.25, 0.3) is 11.8 Å². The summed E-state index contributed by atoms with van der Waals surface area (Å²) in [4.78, 5) is 37.9. The zero-order valence-corrected chi connectivity index (χ0v) is 12.5. The van der Waals surface area contributed by atoms with Gasteiger partial charge in [0, 0.05) is 11.9 Å².